The van der Waals surface area contributed by atoms with Crippen LogP contribution in [0, 0.1) is 0 Å². The lowest BCUT2D eigenvalue weighted by Gasteiger charge is -2.02. The highest BCUT2D eigenvalue weighted by atomic mass is 35.5. The van der Waals surface area contributed by atoms with Gasteiger partial charge in [0.2, 0.25) is 0 Å². The number of fused-ring (bicyclic) bond motifs is 1. The van der Waals surface area contributed by atoms with Crippen molar-refractivity contribution in [3.63, 3.8) is 0 Å². The van der Waals surface area contributed by atoms with Crippen molar-refractivity contribution in [1.82, 2.24) is 10.3 Å². The lowest BCUT2D eigenvalue weighted by Crippen LogP contribution is -2.39. The fourth-order valence-corrected chi connectivity index (χ4v) is 2.56. The van der Waals surface area contributed by atoms with E-state index in [1.54, 1.807) is 18.2 Å². The van der Waals surface area contributed by atoms with Crippen LogP contribution in [0.2, 0.25) is 5.02 Å². The van der Waals surface area contributed by atoms with Crippen LogP contribution in [0.25, 0.3) is 10.2 Å². The zero-order valence-corrected chi connectivity index (χ0v) is 12.4. The normalized spacial score (nSPS) is 10.2. The van der Waals surface area contributed by atoms with Gasteiger partial charge >= 0.3 is 11.8 Å². The molecule has 2 rings (SSSR count). The van der Waals surface area contributed by atoms with E-state index in [0.29, 0.717) is 15.7 Å². The van der Waals surface area contributed by atoms with E-state index in [1.165, 1.54) is 11.3 Å². The van der Waals surface area contributed by atoms with Crippen LogP contribution in [0.4, 0.5) is 5.13 Å². The van der Waals surface area contributed by atoms with Crippen molar-refractivity contribution in [3.8, 4) is 0 Å². The van der Waals surface area contributed by atoms with Crippen LogP contribution >= 0.6 is 35.2 Å². The molecule has 104 valence electrons. The Hall–Kier alpha value is -1.77. The number of hydrogen-bond donors (Lipinski definition) is 3. The third kappa shape index (κ3) is 3.62. The third-order valence-electron chi connectivity index (χ3n) is 2.20. The number of nitrogens with zero attached hydrogens (tertiary/aromatic N) is 1. The standard InChI is InChI=1S/C11H9ClN4O2S2/c12-5-1-2-6-7(3-5)20-11(15-6)16-10(18)9(17)14-4-8(13)19/h1-3H,4H2,(H2,13,19)(H,14,17)(H,15,16,18). The van der Waals surface area contributed by atoms with Crippen molar-refractivity contribution in [2.24, 2.45) is 5.73 Å². The molecule has 0 aliphatic heterocycles. The average Bonchev–Trinajstić information content (AvgIpc) is 2.76. The first kappa shape index (κ1) is 14.6. The summed E-state index contributed by atoms with van der Waals surface area (Å²) in [7, 11) is 0. The number of thiocarbonyl (C=S) groups is 1. The highest BCUT2D eigenvalue weighted by Crippen LogP contribution is 2.28. The number of carbonyl (C=O) groups excluding carboxylic acids is 2. The summed E-state index contributed by atoms with van der Waals surface area (Å²) in [4.78, 5) is 27.3. The summed E-state index contributed by atoms with van der Waals surface area (Å²) in [6.07, 6.45) is 0. The molecular weight excluding hydrogens is 320 g/mol. The van der Waals surface area contributed by atoms with Gasteiger partial charge in [0.1, 0.15) is 0 Å². The van der Waals surface area contributed by atoms with E-state index >= 15 is 0 Å². The number of hydrogen-bond acceptors (Lipinski definition) is 5. The molecular formula is C11H9ClN4O2S2. The van der Waals surface area contributed by atoms with Crippen molar-refractivity contribution in [1.29, 1.82) is 0 Å². The van der Waals surface area contributed by atoms with Gasteiger partial charge in [-0.25, -0.2) is 4.98 Å². The van der Waals surface area contributed by atoms with Crippen molar-refractivity contribution >= 4 is 67.3 Å². The maximum absolute atomic E-state index is 11.6. The molecule has 0 saturated carbocycles. The lowest BCUT2D eigenvalue weighted by molar-refractivity contribution is -0.135. The maximum atomic E-state index is 11.6. The Morgan fingerprint density at radius 1 is 1.40 bits per heavy atom. The smallest absolute Gasteiger partial charge is 0.315 e. The second kappa shape index (κ2) is 6.12. The predicted octanol–water partition coefficient (Wildman–Crippen LogP) is 1.29. The summed E-state index contributed by atoms with van der Waals surface area (Å²) >= 11 is 11.7. The Labute approximate surface area is 128 Å². The van der Waals surface area contributed by atoms with Crippen LogP contribution in [-0.2, 0) is 9.59 Å². The van der Waals surface area contributed by atoms with E-state index < -0.39 is 11.8 Å². The fraction of sp³-hybridized carbons (Fsp3) is 0.0909. The van der Waals surface area contributed by atoms with Gasteiger partial charge in [0.25, 0.3) is 0 Å². The van der Waals surface area contributed by atoms with E-state index in [9.17, 15) is 9.59 Å². The second-order valence-corrected chi connectivity index (χ2v) is 5.73. The van der Waals surface area contributed by atoms with Crippen LogP contribution in [0.15, 0.2) is 18.2 Å². The van der Waals surface area contributed by atoms with Gasteiger partial charge in [-0.3, -0.25) is 14.9 Å². The highest BCUT2D eigenvalue weighted by Gasteiger charge is 2.15. The molecule has 1 aromatic heterocycles. The minimum absolute atomic E-state index is 0.0307. The summed E-state index contributed by atoms with van der Waals surface area (Å²) in [6, 6.07) is 5.16. The van der Waals surface area contributed by atoms with Crippen LogP contribution < -0.4 is 16.4 Å². The number of amides is 2. The predicted molar refractivity (Wildman–Crippen MR) is 83.1 cm³/mol. The first-order valence-electron chi connectivity index (χ1n) is 5.39. The number of aromatic nitrogens is 1. The Bertz CT molecular complexity index is 701. The molecule has 6 nitrogen and oxygen atoms in total. The molecule has 4 N–H and O–H groups in total. The van der Waals surface area contributed by atoms with Gasteiger partial charge in [0.15, 0.2) is 5.13 Å². The van der Waals surface area contributed by atoms with Gasteiger partial charge in [-0.1, -0.05) is 35.2 Å². The quantitative estimate of drug-likeness (QED) is 0.582. The molecule has 0 unspecified atom stereocenters. The third-order valence-corrected chi connectivity index (χ3v) is 3.51. The van der Waals surface area contributed by atoms with Crippen molar-refractivity contribution < 1.29 is 9.59 Å². The molecule has 1 aromatic carbocycles. The van der Waals surface area contributed by atoms with Gasteiger partial charge in [-0.05, 0) is 18.2 Å². The van der Waals surface area contributed by atoms with Crippen LogP contribution in [-0.4, -0.2) is 28.3 Å². The summed E-state index contributed by atoms with van der Waals surface area (Å²) in [5, 5.41) is 5.58. The fourth-order valence-electron chi connectivity index (χ4n) is 1.35. The number of benzene rings is 1. The van der Waals surface area contributed by atoms with Crippen LogP contribution in [0.3, 0.4) is 0 Å². The molecule has 2 aromatic rings. The SMILES string of the molecule is NC(=S)CNC(=O)C(=O)Nc1nc2ccc(Cl)cc2s1. The monoisotopic (exact) mass is 328 g/mol. The molecule has 0 spiro atoms. The molecule has 0 saturated heterocycles. The molecule has 0 radical (unpaired) electrons. The Morgan fingerprint density at radius 2 is 2.15 bits per heavy atom. The number of nitrogens with two attached hydrogens (primary N) is 1. The second-order valence-electron chi connectivity index (χ2n) is 3.73. The van der Waals surface area contributed by atoms with Crippen molar-refractivity contribution in [3.05, 3.63) is 23.2 Å². The largest absolute Gasteiger partial charge is 0.392 e. The molecule has 0 fully saturated rings. The number of rotatable bonds is 3. The number of halogens is 1. The average molecular weight is 329 g/mol. The van der Waals surface area contributed by atoms with Crippen molar-refractivity contribution in [2.75, 3.05) is 11.9 Å². The summed E-state index contributed by atoms with van der Waals surface area (Å²) in [6.45, 7) is -0.0307. The molecule has 0 aliphatic rings. The first-order chi connectivity index (χ1) is 9.45. The topological polar surface area (TPSA) is 97.1 Å². The zero-order valence-electron chi connectivity index (χ0n) is 9.97. The minimum atomic E-state index is -0.827. The van der Waals surface area contributed by atoms with Crippen LogP contribution in [0.5, 0.6) is 0 Å². The lowest BCUT2D eigenvalue weighted by atomic mass is 10.3. The summed E-state index contributed by atoms with van der Waals surface area (Å²) < 4.78 is 0.816. The number of anilines is 1. The Balaban J connectivity index is 2.06. The van der Waals surface area contributed by atoms with E-state index in [2.05, 4.69) is 27.8 Å². The van der Waals surface area contributed by atoms with Gasteiger partial charge in [-0.2, -0.15) is 0 Å². The summed E-state index contributed by atoms with van der Waals surface area (Å²) in [5.74, 6) is -1.65. The van der Waals surface area contributed by atoms with Crippen molar-refractivity contribution in [2.45, 2.75) is 0 Å². The van der Waals surface area contributed by atoms with E-state index in [4.69, 9.17) is 17.3 Å². The molecule has 2 amide bonds. The van der Waals surface area contributed by atoms with E-state index in [1.807, 2.05) is 0 Å². The van der Waals surface area contributed by atoms with Gasteiger partial charge < -0.3 is 11.1 Å². The minimum Gasteiger partial charge on any atom is -0.392 e. The first-order valence-corrected chi connectivity index (χ1v) is 6.99. The Kier molecular flexibility index (Phi) is 4.48. The van der Waals surface area contributed by atoms with E-state index in [-0.39, 0.29) is 11.5 Å². The zero-order chi connectivity index (χ0) is 14.7. The molecule has 0 bridgehead atoms. The van der Waals surface area contributed by atoms with Gasteiger partial charge in [-0.15, -0.1) is 0 Å². The Morgan fingerprint density at radius 3 is 2.85 bits per heavy atom. The maximum Gasteiger partial charge on any atom is 0.315 e. The molecule has 0 aliphatic carbocycles. The number of carbonyl (C=O) groups is 2. The van der Waals surface area contributed by atoms with Gasteiger partial charge in [0, 0.05) is 5.02 Å². The molecule has 0 atom stereocenters. The summed E-state index contributed by atoms with van der Waals surface area (Å²) in [5.41, 5.74) is 5.91. The molecule has 1 heterocycles. The number of nitrogens with one attached hydrogen (secondary N) is 2. The molecule has 20 heavy (non-hydrogen) atoms. The van der Waals surface area contributed by atoms with E-state index in [0.717, 1.165) is 4.70 Å². The number of thiazole rings is 1. The molecule has 9 heteroatoms. The van der Waals surface area contributed by atoms with Crippen LogP contribution in [0.1, 0.15) is 0 Å². The highest BCUT2D eigenvalue weighted by molar-refractivity contribution is 7.80. The van der Waals surface area contributed by atoms with Gasteiger partial charge in [0.05, 0.1) is 21.7 Å².